The summed E-state index contributed by atoms with van der Waals surface area (Å²) in [7, 11) is -2.15. The van der Waals surface area contributed by atoms with Crippen molar-refractivity contribution in [2.45, 2.75) is 108 Å². The summed E-state index contributed by atoms with van der Waals surface area (Å²) in [5.41, 5.74) is 4.67. The van der Waals surface area contributed by atoms with Gasteiger partial charge in [0.1, 0.15) is 12.3 Å². The molecule has 40 heavy (non-hydrogen) atoms. The topological polar surface area (TPSA) is 127 Å². The van der Waals surface area contributed by atoms with Gasteiger partial charge in [0.25, 0.3) is 5.56 Å². The van der Waals surface area contributed by atoms with Gasteiger partial charge in [-0.1, -0.05) is 44.3 Å². The molecule has 2 saturated heterocycles. The number of imidazole rings is 1. The third kappa shape index (κ3) is 5.77. The van der Waals surface area contributed by atoms with E-state index in [2.05, 4.69) is 69.2 Å². The van der Waals surface area contributed by atoms with Crippen LogP contribution in [0.4, 0.5) is 5.95 Å². The van der Waals surface area contributed by atoms with Crippen LogP contribution in [0.25, 0.3) is 11.2 Å². The largest absolute Gasteiger partial charge is 0.411 e. The molecule has 4 heterocycles. The molecule has 0 amide bonds. The molecular weight excluding hydrogens is 586 g/mol. The van der Waals surface area contributed by atoms with Crippen molar-refractivity contribution < 1.29 is 18.2 Å². The molecule has 0 aromatic carbocycles. The van der Waals surface area contributed by atoms with E-state index in [1.165, 1.54) is 5.57 Å². The molecule has 1 aliphatic carbocycles. The van der Waals surface area contributed by atoms with Gasteiger partial charge in [-0.05, 0) is 69.0 Å². The number of nitrogen functional groups attached to an aromatic ring is 1. The van der Waals surface area contributed by atoms with Crippen LogP contribution in [0.5, 0.6) is 0 Å². The molecule has 2 aromatic rings. The van der Waals surface area contributed by atoms with E-state index < -0.39 is 20.2 Å². The van der Waals surface area contributed by atoms with E-state index in [1.54, 1.807) is 22.3 Å². The van der Waals surface area contributed by atoms with Crippen molar-refractivity contribution in [2.75, 3.05) is 12.3 Å². The summed E-state index contributed by atoms with van der Waals surface area (Å²) in [5.74, 6) is 0.490. The van der Waals surface area contributed by atoms with Crippen molar-refractivity contribution in [3.05, 3.63) is 28.8 Å². The highest BCUT2D eigenvalue weighted by atomic mass is 32.9. The Balaban J connectivity index is 1.36. The molecule has 3 N–H and O–H groups in total. The minimum Gasteiger partial charge on any atom is -0.411 e. The minimum absolute atomic E-state index is 0.0161. The van der Waals surface area contributed by atoms with Gasteiger partial charge in [0, 0.05) is 11.2 Å². The predicted octanol–water partition coefficient (Wildman–Crippen LogP) is 5.89. The Labute approximate surface area is 246 Å². The lowest BCUT2D eigenvalue weighted by Gasteiger charge is -2.39. The summed E-state index contributed by atoms with van der Waals surface area (Å²) in [6, 6.07) is 0. The van der Waals surface area contributed by atoms with Crippen molar-refractivity contribution in [1.29, 1.82) is 0 Å². The Kier molecular flexibility index (Phi) is 8.05. The predicted molar refractivity (Wildman–Crippen MR) is 166 cm³/mol. The van der Waals surface area contributed by atoms with E-state index in [-0.39, 0.29) is 51.7 Å². The van der Waals surface area contributed by atoms with Crippen molar-refractivity contribution in [2.24, 2.45) is 5.92 Å². The number of aromatic nitrogens is 4. The van der Waals surface area contributed by atoms with Crippen LogP contribution < -0.4 is 11.3 Å². The maximum absolute atomic E-state index is 12.4. The van der Waals surface area contributed by atoms with Crippen LogP contribution in [-0.2, 0) is 30.0 Å². The van der Waals surface area contributed by atoms with E-state index in [4.69, 9.17) is 35.8 Å². The molecule has 0 radical (unpaired) electrons. The summed E-state index contributed by atoms with van der Waals surface area (Å²) in [6.07, 6.45) is 4.19. The van der Waals surface area contributed by atoms with E-state index >= 15 is 0 Å². The van der Waals surface area contributed by atoms with Gasteiger partial charge in [0.05, 0.1) is 25.1 Å². The molecule has 3 aliphatic rings. The lowest BCUT2D eigenvalue weighted by atomic mass is 9.77. The molecular formula is C26H42N5O5PS2Si. The Bertz CT molecular complexity index is 1410. The highest BCUT2D eigenvalue weighted by Gasteiger charge is 2.54. The first-order valence-corrected chi connectivity index (χ1v) is 20.8. The standard InChI is InChI=1S/C26H42N5O5PS2Si/c1-15(2)16-9-10-26(6)19(11-16)35-37(38,39-26)33-13-18-17(36-40(7,8)25(3,4)5)12-20(34-18)31-14-28-21-22(31)29-24(27)30-23(21)32/h14,16-20H,1,9-13H2,2-8H3,(H3,27,29,30,32)/t16-,17-,18+,19+,20+,26+,37+/m0/s1. The third-order valence-corrected chi connectivity index (χ3v) is 19.4. The van der Waals surface area contributed by atoms with Crippen LogP contribution in [0.3, 0.4) is 0 Å². The number of H-pyrrole nitrogens is 1. The van der Waals surface area contributed by atoms with Gasteiger partial charge < -0.3 is 23.9 Å². The number of rotatable bonds is 7. The van der Waals surface area contributed by atoms with Crippen LogP contribution in [0.1, 0.15) is 66.5 Å². The van der Waals surface area contributed by atoms with Gasteiger partial charge in [-0.2, -0.15) is 4.98 Å². The maximum Gasteiger partial charge on any atom is 0.280 e. The molecule has 14 heteroatoms. The van der Waals surface area contributed by atoms with Gasteiger partial charge in [-0.3, -0.25) is 14.3 Å². The molecule has 5 rings (SSSR count). The average Bonchev–Trinajstić information content (AvgIpc) is 3.49. The summed E-state index contributed by atoms with van der Waals surface area (Å²) in [4.78, 5) is 23.5. The first-order chi connectivity index (χ1) is 18.5. The SMILES string of the molecule is C=C(C)[C@H]1CC[C@@]2(C)S[P@](=S)(OC[C@H]3O[C@@H](n4cnc5c(=O)[nH]c(N)nc54)C[C@@H]3O[Si](C)(C)C(C)(C)C)O[C@@H]2C1. The van der Waals surface area contributed by atoms with E-state index in [9.17, 15) is 4.79 Å². The van der Waals surface area contributed by atoms with Crippen molar-refractivity contribution in [3.63, 3.8) is 0 Å². The maximum atomic E-state index is 12.4. The number of nitrogens with zero attached hydrogens (tertiary/aromatic N) is 3. The van der Waals surface area contributed by atoms with Crippen LogP contribution in [0.2, 0.25) is 18.1 Å². The minimum atomic E-state index is -2.59. The quantitative estimate of drug-likeness (QED) is 0.218. The van der Waals surface area contributed by atoms with Crippen LogP contribution >= 0.6 is 17.1 Å². The fraction of sp³-hybridized carbons (Fsp3) is 0.731. The molecule has 2 aromatic heterocycles. The highest BCUT2D eigenvalue weighted by molar-refractivity contribution is 8.68. The second-order valence-electron chi connectivity index (χ2n) is 13.1. The molecule has 2 aliphatic heterocycles. The Hall–Kier alpha value is -1.05. The Morgan fingerprint density at radius 1 is 1.43 bits per heavy atom. The zero-order chi connectivity index (χ0) is 29.3. The van der Waals surface area contributed by atoms with Crippen molar-refractivity contribution in [3.8, 4) is 0 Å². The summed E-state index contributed by atoms with van der Waals surface area (Å²) < 4.78 is 28.2. The number of aromatic amines is 1. The number of fused-ring (bicyclic) bond motifs is 2. The zero-order valence-corrected chi connectivity index (χ0v) is 28.0. The van der Waals surface area contributed by atoms with Gasteiger partial charge in [0.15, 0.2) is 19.5 Å². The van der Waals surface area contributed by atoms with E-state index in [1.807, 2.05) is 0 Å². The van der Waals surface area contributed by atoms with E-state index in [0.29, 0.717) is 18.0 Å². The number of hydrogen-bond donors (Lipinski definition) is 2. The monoisotopic (exact) mass is 627 g/mol. The number of nitrogens with two attached hydrogens (primary N) is 1. The van der Waals surface area contributed by atoms with Crippen LogP contribution in [0, 0.1) is 5.92 Å². The van der Waals surface area contributed by atoms with Crippen molar-refractivity contribution >= 4 is 54.3 Å². The first-order valence-electron chi connectivity index (χ1n) is 13.8. The third-order valence-electron chi connectivity index (χ3n) is 9.03. The van der Waals surface area contributed by atoms with Gasteiger partial charge in [-0.25, -0.2) is 4.98 Å². The second kappa shape index (κ2) is 10.6. The Morgan fingerprint density at radius 3 is 2.83 bits per heavy atom. The smallest absolute Gasteiger partial charge is 0.280 e. The average molecular weight is 628 g/mol. The van der Waals surface area contributed by atoms with Crippen LogP contribution in [-0.4, -0.2) is 57.5 Å². The zero-order valence-electron chi connectivity index (χ0n) is 24.4. The number of anilines is 1. The van der Waals surface area contributed by atoms with Gasteiger partial charge >= 0.3 is 0 Å². The lowest BCUT2D eigenvalue weighted by molar-refractivity contribution is -0.0367. The van der Waals surface area contributed by atoms with E-state index in [0.717, 1.165) is 19.3 Å². The molecule has 1 saturated carbocycles. The molecule has 0 bridgehead atoms. The molecule has 10 nitrogen and oxygen atoms in total. The fourth-order valence-electron chi connectivity index (χ4n) is 5.46. The first kappa shape index (κ1) is 30.4. The van der Waals surface area contributed by atoms with Gasteiger partial charge in [-0.15, -0.1) is 0 Å². The lowest BCUT2D eigenvalue weighted by Crippen LogP contribution is -2.46. The Morgan fingerprint density at radius 2 is 2.15 bits per heavy atom. The second-order valence-corrected chi connectivity index (χ2v) is 24.5. The summed E-state index contributed by atoms with van der Waals surface area (Å²) >= 11 is 7.75. The van der Waals surface area contributed by atoms with Gasteiger partial charge in [0.2, 0.25) is 11.6 Å². The van der Waals surface area contributed by atoms with Crippen LogP contribution in [0.15, 0.2) is 23.3 Å². The number of nitrogens with one attached hydrogen (secondary N) is 1. The number of hydrogen-bond acceptors (Lipinski definition) is 10. The fourth-order valence-corrected chi connectivity index (χ4v) is 14.0. The molecule has 0 unspecified atom stereocenters. The summed E-state index contributed by atoms with van der Waals surface area (Å²) in [5, 5.41) is 0.0161. The molecule has 0 spiro atoms. The molecule has 222 valence electrons. The normalized spacial score (nSPS) is 34.8. The number of ether oxygens (including phenoxy) is 1. The number of allylic oxidation sites excluding steroid dienone is 1. The highest BCUT2D eigenvalue weighted by Crippen LogP contribution is 2.75. The molecule has 7 atom stereocenters. The molecule has 3 fully saturated rings. The van der Waals surface area contributed by atoms with Crippen molar-refractivity contribution in [1.82, 2.24) is 19.5 Å². The summed E-state index contributed by atoms with van der Waals surface area (Å²) in [6.45, 7) is 19.9.